The Morgan fingerprint density at radius 2 is 1.86 bits per heavy atom. The number of pyridine rings is 1. The predicted octanol–water partition coefficient (Wildman–Crippen LogP) is 2.30. The first kappa shape index (κ1) is 18.7. The van der Waals surface area contributed by atoms with Crippen molar-refractivity contribution in [3.05, 3.63) is 30.1 Å². The van der Waals surface area contributed by atoms with E-state index >= 15 is 0 Å². The Bertz CT molecular complexity index is 364. The zero-order valence-electron chi connectivity index (χ0n) is 12.2. The van der Waals surface area contributed by atoms with Crippen molar-refractivity contribution in [1.29, 1.82) is 0 Å². The van der Waals surface area contributed by atoms with E-state index in [9.17, 15) is 0 Å². The third-order valence-corrected chi connectivity index (χ3v) is 4.25. The fraction of sp³-hybridized carbons (Fsp3) is 0.667. The van der Waals surface area contributed by atoms with Crippen LogP contribution >= 0.6 is 24.8 Å². The van der Waals surface area contributed by atoms with Gasteiger partial charge in [-0.1, -0.05) is 6.07 Å². The molecule has 0 spiro atoms. The Hall–Kier alpha value is -0.390. The summed E-state index contributed by atoms with van der Waals surface area (Å²) in [4.78, 5) is 7.23. The monoisotopic (exact) mass is 333 g/mol. The highest BCUT2D eigenvalue weighted by molar-refractivity contribution is 5.85. The molecule has 2 saturated heterocycles. The molecule has 2 aliphatic rings. The summed E-state index contributed by atoms with van der Waals surface area (Å²) in [5, 5.41) is 3.44. The Morgan fingerprint density at radius 3 is 2.48 bits per heavy atom. The minimum Gasteiger partial charge on any atom is -0.381 e. The lowest BCUT2D eigenvalue weighted by Crippen LogP contribution is -2.47. The molecule has 3 heterocycles. The number of piperazine rings is 1. The van der Waals surface area contributed by atoms with Crippen LogP contribution in [-0.4, -0.2) is 49.3 Å². The summed E-state index contributed by atoms with van der Waals surface area (Å²) < 4.78 is 5.52. The van der Waals surface area contributed by atoms with E-state index in [1.807, 2.05) is 12.3 Å². The molecule has 1 aromatic rings. The molecule has 0 amide bonds. The molecule has 1 atom stereocenters. The first-order valence-electron chi connectivity index (χ1n) is 7.38. The third kappa shape index (κ3) is 4.80. The van der Waals surface area contributed by atoms with Crippen LogP contribution in [0.2, 0.25) is 0 Å². The number of nitrogens with zero attached hydrogens (tertiary/aromatic N) is 2. The second kappa shape index (κ2) is 9.59. The summed E-state index contributed by atoms with van der Waals surface area (Å²) in [5.74, 6) is 0.682. The molecule has 0 aromatic carbocycles. The smallest absolute Gasteiger partial charge is 0.0578 e. The Morgan fingerprint density at radius 1 is 1.14 bits per heavy atom. The van der Waals surface area contributed by atoms with Gasteiger partial charge in [0.25, 0.3) is 0 Å². The number of rotatable bonds is 3. The van der Waals surface area contributed by atoms with E-state index < -0.39 is 0 Å². The van der Waals surface area contributed by atoms with Crippen LogP contribution < -0.4 is 5.32 Å². The van der Waals surface area contributed by atoms with Crippen LogP contribution in [0.3, 0.4) is 0 Å². The van der Waals surface area contributed by atoms with Gasteiger partial charge in [0.1, 0.15) is 0 Å². The number of halogens is 2. The molecule has 3 rings (SSSR count). The number of nitrogens with one attached hydrogen (secondary N) is 1. The second-order valence-corrected chi connectivity index (χ2v) is 5.44. The van der Waals surface area contributed by atoms with E-state index in [1.165, 1.54) is 5.69 Å². The highest BCUT2D eigenvalue weighted by Gasteiger charge is 2.31. The number of aromatic nitrogens is 1. The number of hydrogen-bond acceptors (Lipinski definition) is 4. The Balaban J connectivity index is 0.00000110. The highest BCUT2D eigenvalue weighted by atomic mass is 35.5. The van der Waals surface area contributed by atoms with Crippen LogP contribution in [0.4, 0.5) is 0 Å². The normalized spacial score (nSPS) is 21.9. The molecule has 6 heteroatoms. The second-order valence-electron chi connectivity index (χ2n) is 5.44. The maximum absolute atomic E-state index is 5.52. The molecule has 0 radical (unpaired) electrons. The van der Waals surface area contributed by atoms with Gasteiger partial charge in [0.15, 0.2) is 0 Å². The van der Waals surface area contributed by atoms with Crippen LogP contribution in [0.1, 0.15) is 24.6 Å². The van der Waals surface area contributed by atoms with Crippen molar-refractivity contribution >= 4 is 24.8 Å². The van der Waals surface area contributed by atoms with Crippen LogP contribution in [-0.2, 0) is 4.74 Å². The Kier molecular flexibility index (Phi) is 8.52. The first-order valence-corrected chi connectivity index (χ1v) is 7.38. The lowest BCUT2D eigenvalue weighted by Gasteiger charge is -2.40. The van der Waals surface area contributed by atoms with Gasteiger partial charge in [-0.05, 0) is 30.9 Å². The fourth-order valence-corrected chi connectivity index (χ4v) is 3.27. The molecule has 0 saturated carbocycles. The molecule has 21 heavy (non-hydrogen) atoms. The number of ether oxygens (including phenoxy) is 1. The summed E-state index contributed by atoms with van der Waals surface area (Å²) in [6, 6.07) is 6.76. The lowest BCUT2D eigenvalue weighted by atomic mass is 9.88. The van der Waals surface area contributed by atoms with Crippen molar-refractivity contribution in [1.82, 2.24) is 15.2 Å². The largest absolute Gasteiger partial charge is 0.381 e. The van der Waals surface area contributed by atoms with Crippen LogP contribution in [0.5, 0.6) is 0 Å². The maximum atomic E-state index is 5.52. The van der Waals surface area contributed by atoms with E-state index in [0.29, 0.717) is 12.0 Å². The summed E-state index contributed by atoms with van der Waals surface area (Å²) in [5.41, 5.74) is 1.23. The van der Waals surface area contributed by atoms with Gasteiger partial charge in [0.05, 0.1) is 11.7 Å². The molecule has 0 aliphatic carbocycles. The van der Waals surface area contributed by atoms with Gasteiger partial charge in [-0.2, -0.15) is 0 Å². The van der Waals surface area contributed by atoms with Crippen molar-refractivity contribution in [2.75, 3.05) is 39.4 Å². The summed E-state index contributed by atoms with van der Waals surface area (Å²) >= 11 is 0. The fourth-order valence-electron chi connectivity index (χ4n) is 3.27. The molecule has 4 nitrogen and oxygen atoms in total. The van der Waals surface area contributed by atoms with Crippen molar-refractivity contribution in [2.24, 2.45) is 5.92 Å². The topological polar surface area (TPSA) is 37.4 Å². The van der Waals surface area contributed by atoms with Gasteiger partial charge < -0.3 is 10.1 Å². The Labute approximate surface area is 139 Å². The third-order valence-electron chi connectivity index (χ3n) is 4.25. The van der Waals surface area contributed by atoms with Gasteiger partial charge in [0.2, 0.25) is 0 Å². The zero-order chi connectivity index (χ0) is 12.9. The zero-order valence-corrected chi connectivity index (χ0v) is 13.9. The van der Waals surface area contributed by atoms with E-state index in [-0.39, 0.29) is 24.8 Å². The highest BCUT2D eigenvalue weighted by Crippen LogP contribution is 2.34. The van der Waals surface area contributed by atoms with Gasteiger partial charge in [-0.3, -0.25) is 9.88 Å². The molecule has 1 N–H and O–H groups in total. The van der Waals surface area contributed by atoms with Crippen LogP contribution in [0, 0.1) is 5.92 Å². The van der Waals surface area contributed by atoms with Gasteiger partial charge in [-0.15, -0.1) is 24.8 Å². The molecule has 1 aromatic heterocycles. The summed E-state index contributed by atoms with van der Waals surface area (Å²) in [7, 11) is 0. The van der Waals surface area contributed by atoms with Crippen LogP contribution in [0.25, 0.3) is 0 Å². The van der Waals surface area contributed by atoms with E-state index in [2.05, 4.69) is 27.3 Å². The van der Waals surface area contributed by atoms with E-state index in [1.54, 1.807) is 0 Å². The van der Waals surface area contributed by atoms with Gasteiger partial charge in [-0.25, -0.2) is 0 Å². The summed E-state index contributed by atoms with van der Waals surface area (Å²) in [6.45, 7) is 6.23. The van der Waals surface area contributed by atoms with E-state index in [4.69, 9.17) is 4.74 Å². The minimum atomic E-state index is 0. The molecule has 0 bridgehead atoms. The van der Waals surface area contributed by atoms with Gasteiger partial charge in [0, 0.05) is 45.6 Å². The van der Waals surface area contributed by atoms with Crippen molar-refractivity contribution < 1.29 is 4.74 Å². The molecule has 0 unspecified atom stereocenters. The van der Waals surface area contributed by atoms with Gasteiger partial charge >= 0.3 is 0 Å². The molecule has 2 fully saturated rings. The average Bonchev–Trinajstić information content (AvgIpc) is 2.51. The predicted molar refractivity (Wildman–Crippen MR) is 89.5 cm³/mol. The quantitative estimate of drug-likeness (QED) is 0.920. The molecule has 2 aliphatic heterocycles. The molecular formula is C15H25Cl2N3O. The minimum absolute atomic E-state index is 0. The number of hydrogen-bond donors (Lipinski definition) is 1. The maximum Gasteiger partial charge on any atom is 0.0578 e. The SMILES string of the molecule is Cl.Cl.c1ccc([C@H](C2CCOCC2)N2CCNCC2)nc1. The van der Waals surface area contributed by atoms with Crippen LogP contribution in [0.15, 0.2) is 24.4 Å². The van der Waals surface area contributed by atoms with Crippen molar-refractivity contribution in [3.8, 4) is 0 Å². The lowest BCUT2D eigenvalue weighted by molar-refractivity contribution is 0.0201. The first-order chi connectivity index (χ1) is 9.45. The average molecular weight is 334 g/mol. The molecular weight excluding hydrogens is 309 g/mol. The molecule has 120 valence electrons. The van der Waals surface area contributed by atoms with E-state index in [0.717, 1.165) is 52.2 Å². The summed E-state index contributed by atoms with van der Waals surface area (Å²) in [6.07, 6.45) is 4.24. The van der Waals surface area contributed by atoms with Crippen molar-refractivity contribution in [3.63, 3.8) is 0 Å². The van der Waals surface area contributed by atoms with Crippen molar-refractivity contribution in [2.45, 2.75) is 18.9 Å². The standard InChI is InChI=1S/C15H23N3O.2ClH/c1-2-6-17-14(3-1)15(13-4-11-19-12-5-13)18-9-7-16-8-10-18;;/h1-3,6,13,15-16H,4-5,7-12H2;2*1H/t15-;;/m0../s1.